The summed E-state index contributed by atoms with van der Waals surface area (Å²) < 4.78 is 72.3. The number of anilines is 1. The van der Waals surface area contributed by atoms with Gasteiger partial charge in [0.2, 0.25) is 5.91 Å². The second-order valence-corrected chi connectivity index (χ2v) is 15.9. The molecule has 4 N–H and O–H groups in total. The smallest absolute Gasteiger partial charge is 0.389 e. The van der Waals surface area contributed by atoms with Gasteiger partial charge in [0.1, 0.15) is 24.2 Å². The van der Waals surface area contributed by atoms with E-state index in [2.05, 4.69) is 22.9 Å². The molecule has 12 nitrogen and oxygen atoms in total. The van der Waals surface area contributed by atoms with Crippen molar-refractivity contribution >= 4 is 23.4 Å². The lowest BCUT2D eigenvalue weighted by molar-refractivity contribution is -0.356. The molecule has 0 spiro atoms. The van der Waals surface area contributed by atoms with Crippen LogP contribution < -0.4 is 16.0 Å². The van der Waals surface area contributed by atoms with Crippen LogP contribution in [0.3, 0.4) is 0 Å². The predicted molar refractivity (Wildman–Crippen MR) is 220 cm³/mol. The Hall–Kier alpha value is -4.38. The van der Waals surface area contributed by atoms with E-state index in [0.717, 1.165) is 37.8 Å². The van der Waals surface area contributed by atoms with Gasteiger partial charge in [-0.3, -0.25) is 9.59 Å². The van der Waals surface area contributed by atoms with Gasteiger partial charge in [0.25, 0.3) is 0 Å². The number of alkyl halides is 3. The first-order valence-electron chi connectivity index (χ1n) is 21.5. The van der Waals surface area contributed by atoms with Gasteiger partial charge in [0, 0.05) is 23.2 Å². The Morgan fingerprint density at radius 2 is 1.49 bits per heavy atom. The fourth-order valence-corrected chi connectivity index (χ4v) is 8.24. The van der Waals surface area contributed by atoms with Crippen molar-refractivity contribution in [2.45, 2.75) is 139 Å². The number of carbonyl (C=O) groups excluding carboxylic acids is 3. The Balaban J connectivity index is 1.26. The highest BCUT2D eigenvalue weighted by Gasteiger charge is 2.55. The second kappa shape index (κ2) is 22.1. The first kappa shape index (κ1) is 46.1. The van der Waals surface area contributed by atoms with Crippen molar-refractivity contribution in [2.24, 2.45) is 5.92 Å². The van der Waals surface area contributed by atoms with Gasteiger partial charge in [0.15, 0.2) is 18.4 Å². The number of Topliss-reactive ketones (excluding diaryl/α,β-unsaturated/α-hetero) is 1. The second-order valence-electron chi connectivity index (χ2n) is 15.9. The van der Waals surface area contributed by atoms with Crippen molar-refractivity contribution in [1.29, 1.82) is 0 Å². The van der Waals surface area contributed by atoms with E-state index < -0.39 is 84.7 Å². The summed E-state index contributed by atoms with van der Waals surface area (Å²) in [6, 6.07) is 19.0. The maximum Gasteiger partial charge on any atom is 0.416 e. The Kier molecular flexibility index (Phi) is 16.7. The Morgan fingerprint density at radius 1 is 0.803 bits per heavy atom. The number of aliphatic hydroxyl groups excluding tert-OH is 1. The van der Waals surface area contributed by atoms with Crippen LogP contribution in [0.1, 0.15) is 106 Å². The first-order valence-corrected chi connectivity index (χ1v) is 21.5. The van der Waals surface area contributed by atoms with Crippen molar-refractivity contribution in [3.8, 4) is 0 Å². The Labute approximate surface area is 355 Å². The molecule has 0 saturated carbocycles. The maximum atomic E-state index is 14.4. The van der Waals surface area contributed by atoms with E-state index in [9.17, 15) is 32.7 Å². The summed E-state index contributed by atoms with van der Waals surface area (Å²) in [5.41, 5.74) is -0.0397. The summed E-state index contributed by atoms with van der Waals surface area (Å²) in [6.45, 7) is 3.92. The molecule has 3 aliphatic heterocycles. The fraction of sp³-hybridized carbons (Fsp3) is 0.543. The highest BCUT2D eigenvalue weighted by Crippen LogP contribution is 2.39. The SMILES string of the molecule is CCCCCCCCCCC(=O)N[C@H]1C(CC)OCC(NC(=O)Nc2cccc(C(F)(F)F)c2)[C@H]1O[C@@H]1OC2COC(c3ccccc3)O[C@@H]2[C@H](O)C1C(=O)c1ccccc1. The van der Waals surface area contributed by atoms with E-state index in [0.29, 0.717) is 18.4 Å². The van der Waals surface area contributed by atoms with Gasteiger partial charge >= 0.3 is 12.2 Å². The summed E-state index contributed by atoms with van der Waals surface area (Å²) in [7, 11) is 0. The van der Waals surface area contributed by atoms with Crippen molar-refractivity contribution in [3.63, 3.8) is 0 Å². The van der Waals surface area contributed by atoms with E-state index in [1.54, 1.807) is 30.3 Å². The third kappa shape index (κ3) is 12.4. The first-order chi connectivity index (χ1) is 29.5. The number of nitrogens with one attached hydrogen (secondary N) is 3. The topological polar surface area (TPSA) is 154 Å². The summed E-state index contributed by atoms with van der Waals surface area (Å²) in [6.07, 6.45) is -2.90. The number of halogens is 3. The molecule has 5 unspecified atom stereocenters. The van der Waals surface area contributed by atoms with Gasteiger partial charge in [-0.2, -0.15) is 13.2 Å². The number of benzene rings is 3. The maximum absolute atomic E-state index is 14.4. The van der Waals surface area contributed by atoms with Crippen LogP contribution >= 0.6 is 0 Å². The third-order valence-electron chi connectivity index (χ3n) is 11.5. The number of ketones is 1. The van der Waals surface area contributed by atoms with Gasteiger partial charge in [-0.15, -0.1) is 0 Å². The van der Waals surface area contributed by atoms with E-state index in [4.69, 9.17) is 23.7 Å². The normalized spacial score (nSPS) is 27.7. The number of ether oxygens (including phenoxy) is 5. The summed E-state index contributed by atoms with van der Waals surface area (Å²) in [5, 5.41) is 20.4. The number of amides is 3. The largest absolute Gasteiger partial charge is 0.416 e. The van der Waals surface area contributed by atoms with Crippen molar-refractivity contribution in [3.05, 3.63) is 102 Å². The number of aliphatic hydroxyl groups is 1. The monoisotopic (exact) mass is 853 g/mol. The highest BCUT2D eigenvalue weighted by atomic mass is 19.4. The number of rotatable bonds is 18. The van der Waals surface area contributed by atoms with E-state index >= 15 is 0 Å². The van der Waals surface area contributed by atoms with Gasteiger partial charge in [0.05, 0.1) is 43.1 Å². The van der Waals surface area contributed by atoms with Crippen LogP contribution in [0.2, 0.25) is 0 Å². The molecular weight excluding hydrogens is 796 g/mol. The quantitative estimate of drug-likeness (QED) is 0.0735. The molecule has 332 valence electrons. The van der Waals surface area contributed by atoms with E-state index in [1.165, 1.54) is 31.4 Å². The molecule has 3 saturated heterocycles. The molecule has 0 aliphatic carbocycles. The lowest BCUT2D eigenvalue weighted by Crippen LogP contribution is -2.68. The average molecular weight is 854 g/mol. The fourth-order valence-electron chi connectivity index (χ4n) is 8.24. The molecule has 15 heteroatoms. The molecule has 61 heavy (non-hydrogen) atoms. The molecule has 3 aromatic rings. The van der Waals surface area contributed by atoms with Crippen molar-refractivity contribution in [1.82, 2.24) is 10.6 Å². The minimum absolute atomic E-state index is 0.0153. The van der Waals surface area contributed by atoms with E-state index in [1.807, 2.05) is 37.3 Å². The van der Waals surface area contributed by atoms with E-state index in [-0.39, 0.29) is 36.8 Å². The Morgan fingerprint density at radius 3 is 2.18 bits per heavy atom. The summed E-state index contributed by atoms with van der Waals surface area (Å²) >= 11 is 0. The number of hydrogen-bond acceptors (Lipinski definition) is 9. The minimum Gasteiger partial charge on any atom is -0.389 e. The predicted octanol–water partition coefficient (Wildman–Crippen LogP) is 8.10. The van der Waals surface area contributed by atoms with Gasteiger partial charge in [-0.1, -0.05) is 126 Å². The standard InChI is InChI=1S/C46H58F3N3O9/c1-3-5-6-7-8-9-10-17-25-36(53)52-38-34(4-2)57-27-33(51-45(56)50-32-24-18-23-31(26-32)46(47,48)49)41(38)60-44-37(39(54)29-19-13-11-14-20-29)40(55)42-35(59-44)28-58-43(61-42)30-21-15-12-16-22-30/h11-16,18-24,26,33-35,37-38,40-44,55H,3-10,17,25,27-28H2,1-2H3,(H,52,53)(H2,50,51,56)/t33?,34?,35?,37?,38-,40+,41+,42-,43?,44-/m0/s1. The third-order valence-corrected chi connectivity index (χ3v) is 11.5. The molecule has 3 aliphatic rings. The summed E-state index contributed by atoms with van der Waals surface area (Å²) in [4.78, 5) is 41.6. The molecule has 3 amide bonds. The molecule has 0 radical (unpaired) electrons. The zero-order chi connectivity index (χ0) is 43.4. The molecule has 0 aromatic heterocycles. The van der Waals surface area contributed by atoms with Gasteiger partial charge < -0.3 is 44.7 Å². The average Bonchev–Trinajstić information content (AvgIpc) is 3.26. The minimum atomic E-state index is -4.63. The lowest BCUT2D eigenvalue weighted by Gasteiger charge is -2.50. The van der Waals surface area contributed by atoms with Crippen LogP contribution in [0.5, 0.6) is 0 Å². The van der Waals surface area contributed by atoms with Crippen molar-refractivity contribution < 1.29 is 56.3 Å². The molecule has 3 heterocycles. The van der Waals surface area contributed by atoms with Gasteiger partial charge in [-0.25, -0.2) is 4.79 Å². The zero-order valence-electron chi connectivity index (χ0n) is 34.7. The number of urea groups is 1. The molecule has 3 aromatic carbocycles. The Bertz CT molecular complexity index is 1860. The number of hydrogen-bond donors (Lipinski definition) is 4. The van der Waals surface area contributed by atoms with Crippen LogP contribution in [-0.2, 0) is 34.7 Å². The molecular formula is C46H58F3N3O9. The molecule has 0 bridgehead atoms. The van der Waals surface area contributed by atoms with Crippen molar-refractivity contribution in [2.75, 3.05) is 18.5 Å². The highest BCUT2D eigenvalue weighted by molar-refractivity contribution is 5.98. The van der Waals surface area contributed by atoms with Crippen LogP contribution in [0.15, 0.2) is 84.9 Å². The molecule has 3 fully saturated rings. The molecule has 6 rings (SSSR count). The van der Waals surface area contributed by atoms with Crippen LogP contribution in [0.25, 0.3) is 0 Å². The number of fused-ring (bicyclic) bond motifs is 1. The van der Waals surface area contributed by atoms with Crippen LogP contribution in [-0.4, -0.2) is 84.9 Å². The van der Waals surface area contributed by atoms with Gasteiger partial charge in [-0.05, 0) is 31.0 Å². The molecule has 10 atom stereocenters. The zero-order valence-corrected chi connectivity index (χ0v) is 34.7. The van der Waals surface area contributed by atoms with Crippen LogP contribution in [0, 0.1) is 5.92 Å². The number of carbonyl (C=O) groups is 3. The lowest BCUT2D eigenvalue weighted by atomic mass is 9.84. The number of unbranched alkanes of at least 4 members (excludes halogenated alkanes) is 7. The van der Waals surface area contributed by atoms with Crippen LogP contribution in [0.4, 0.5) is 23.7 Å². The summed E-state index contributed by atoms with van der Waals surface area (Å²) in [5.74, 6) is -2.08.